The maximum atomic E-state index is 5.54. The van der Waals surface area contributed by atoms with E-state index in [4.69, 9.17) is 4.74 Å². The Kier molecular flexibility index (Phi) is 3.16. The molecule has 0 aromatic rings. The van der Waals surface area contributed by atoms with Crippen LogP contribution in [-0.2, 0) is 4.74 Å². The van der Waals surface area contributed by atoms with E-state index in [1.165, 1.54) is 6.42 Å². The van der Waals surface area contributed by atoms with Crippen LogP contribution in [0.25, 0.3) is 0 Å². The molecule has 1 fully saturated rings. The molecule has 0 spiro atoms. The van der Waals surface area contributed by atoms with Crippen molar-refractivity contribution in [1.82, 2.24) is 5.32 Å². The van der Waals surface area contributed by atoms with Crippen LogP contribution in [0, 0.1) is 5.92 Å². The maximum Gasteiger partial charge on any atom is 0.0671 e. The zero-order chi connectivity index (χ0) is 7.40. The van der Waals surface area contributed by atoms with Gasteiger partial charge in [-0.3, -0.25) is 0 Å². The molecule has 2 atom stereocenters. The summed E-state index contributed by atoms with van der Waals surface area (Å²) >= 11 is 0. The Morgan fingerprint density at radius 1 is 1.50 bits per heavy atom. The molecule has 2 nitrogen and oxygen atoms in total. The van der Waals surface area contributed by atoms with Crippen molar-refractivity contribution in [2.75, 3.05) is 19.7 Å². The van der Waals surface area contributed by atoms with Gasteiger partial charge in [-0.05, 0) is 19.3 Å². The lowest BCUT2D eigenvalue weighted by Crippen LogP contribution is -2.24. The summed E-state index contributed by atoms with van der Waals surface area (Å²) < 4.78 is 5.54. The molecule has 60 valence electrons. The van der Waals surface area contributed by atoms with Gasteiger partial charge in [-0.15, -0.1) is 0 Å². The second-order valence-electron chi connectivity index (χ2n) is 3.08. The number of rotatable bonds is 1. The molecule has 0 saturated carbocycles. The molecule has 0 bridgehead atoms. The first kappa shape index (κ1) is 8.02. The lowest BCUT2D eigenvalue weighted by Gasteiger charge is -2.10. The molecule has 1 aliphatic heterocycles. The summed E-state index contributed by atoms with van der Waals surface area (Å²) in [6, 6.07) is 0. The van der Waals surface area contributed by atoms with Gasteiger partial charge in [-0.2, -0.15) is 0 Å². The maximum absolute atomic E-state index is 5.54. The third kappa shape index (κ3) is 2.27. The topological polar surface area (TPSA) is 21.3 Å². The van der Waals surface area contributed by atoms with Crippen molar-refractivity contribution in [3.63, 3.8) is 0 Å². The summed E-state index contributed by atoms with van der Waals surface area (Å²) in [5.74, 6) is 0.727. The molecule has 0 aromatic heterocycles. The smallest absolute Gasteiger partial charge is 0.0671 e. The van der Waals surface area contributed by atoms with E-state index in [1.54, 1.807) is 0 Å². The Morgan fingerprint density at radius 2 is 2.30 bits per heavy atom. The quantitative estimate of drug-likeness (QED) is 0.591. The van der Waals surface area contributed by atoms with E-state index in [-0.39, 0.29) is 0 Å². The normalized spacial score (nSPS) is 35.4. The Bertz CT molecular complexity index is 95.3. The third-order valence-corrected chi connectivity index (χ3v) is 2.06. The minimum Gasteiger partial charge on any atom is -0.377 e. The van der Waals surface area contributed by atoms with E-state index in [2.05, 4.69) is 19.2 Å². The van der Waals surface area contributed by atoms with Crippen LogP contribution >= 0.6 is 0 Å². The molecule has 10 heavy (non-hydrogen) atoms. The Morgan fingerprint density at radius 3 is 3.00 bits per heavy atom. The summed E-state index contributed by atoms with van der Waals surface area (Å²) in [5, 5.41) is 3.37. The molecule has 1 rings (SSSR count). The predicted octanol–water partition coefficient (Wildman–Crippen LogP) is 1.02. The predicted molar refractivity (Wildman–Crippen MR) is 42.1 cm³/mol. The van der Waals surface area contributed by atoms with E-state index in [9.17, 15) is 0 Å². The Labute approximate surface area is 63.0 Å². The largest absolute Gasteiger partial charge is 0.377 e. The molecule has 1 heterocycles. The molecule has 0 aromatic carbocycles. The number of hydrogen-bond donors (Lipinski definition) is 1. The molecule has 1 aliphatic rings. The molecule has 0 aliphatic carbocycles. The number of nitrogens with one attached hydrogen (secondary N) is 1. The van der Waals surface area contributed by atoms with E-state index < -0.39 is 0 Å². The van der Waals surface area contributed by atoms with Gasteiger partial charge in [0.2, 0.25) is 0 Å². The van der Waals surface area contributed by atoms with Crippen molar-refractivity contribution in [2.24, 2.45) is 5.92 Å². The molecule has 2 heteroatoms. The van der Waals surface area contributed by atoms with Gasteiger partial charge >= 0.3 is 0 Å². The first-order valence-electron chi connectivity index (χ1n) is 4.15. The van der Waals surface area contributed by atoms with Gasteiger partial charge in [0.25, 0.3) is 0 Å². The Hall–Kier alpha value is -0.0800. The summed E-state index contributed by atoms with van der Waals surface area (Å²) in [6.07, 6.45) is 1.62. The van der Waals surface area contributed by atoms with Crippen LogP contribution in [0.4, 0.5) is 0 Å². The summed E-state index contributed by atoms with van der Waals surface area (Å²) in [7, 11) is 0. The molecule has 0 radical (unpaired) electrons. The first-order valence-corrected chi connectivity index (χ1v) is 4.15. The SMILES string of the molecule is CCC1CNCC(C)OC1. The zero-order valence-electron chi connectivity index (χ0n) is 6.89. The fourth-order valence-corrected chi connectivity index (χ4v) is 1.17. The summed E-state index contributed by atoms with van der Waals surface area (Å²) in [6.45, 7) is 7.40. The molecular weight excluding hydrogens is 126 g/mol. The van der Waals surface area contributed by atoms with Gasteiger partial charge in [-0.25, -0.2) is 0 Å². The molecule has 2 unspecified atom stereocenters. The minimum absolute atomic E-state index is 0.400. The highest BCUT2D eigenvalue weighted by Crippen LogP contribution is 2.06. The number of hydrogen-bond acceptors (Lipinski definition) is 2. The van der Waals surface area contributed by atoms with Crippen LogP contribution < -0.4 is 5.32 Å². The molecule has 1 saturated heterocycles. The number of ether oxygens (including phenoxy) is 1. The lowest BCUT2D eigenvalue weighted by atomic mass is 10.1. The van der Waals surface area contributed by atoms with E-state index in [0.717, 1.165) is 25.6 Å². The van der Waals surface area contributed by atoms with Crippen LogP contribution in [0.3, 0.4) is 0 Å². The highest BCUT2D eigenvalue weighted by atomic mass is 16.5. The second-order valence-corrected chi connectivity index (χ2v) is 3.08. The zero-order valence-corrected chi connectivity index (χ0v) is 6.89. The van der Waals surface area contributed by atoms with Crippen LogP contribution in [-0.4, -0.2) is 25.8 Å². The van der Waals surface area contributed by atoms with Gasteiger partial charge in [0.05, 0.1) is 12.7 Å². The fourth-order valence-electron chi connectivity index (χ4n) is 1.17. The lowest BCUT2D eigenvalue weighted by molar-refractivity contribution is 0.0601. The van der Waals surface area contributed by atoms with Crippen LogP contribution in [0.15, 0.2) is 0 Å². The highest BCUT2D eigenvalue weighted by Gasteiger charge is 2.13. The van der Waals surface area contributed by atoms with Crippen LogP contribution in [0.5, 0.6) is 0 Å². The fraction of sp³-hybridized carbons (Fsp3) is 1.00. The van der Waals surface area contributed by atoms with Crippen molar-refractivity contribution in [1.29, 1.82) is 0 Å². The van der Waals surface area contributed by atoms with E-state index in [1.807, 2.05) is 0 Å². The van der Waals surface area contributed by atoms with Gasteiger partial charge < -0.3 is 10.1 Å². The minimum atomic E-state index is 0.400. The van der Waals surface area contributed by atoms with Gasteiger partial charge in [0, 0.05) is 13.1 Å². The monoisotopic (exact) mass is 143 g/mol. The van der Waals surface area contributed by atoms with E-state index in [0.29, 0.717) is 6.10 Å². The standard InChI is InChI=1S/C8H17NO/c1-3-8-5-9-4-7(2)10-6-8/h7-9H,3-6H2,1-2H3. The van der Waals surface area contributed by atoms with Crippen molar-refractivity contribution >= 4 is 0 Å². The van der Waals surface area contributed by atoms with Crippen LogP contribution in [0.2, 0.25) is 0 Å². The van der Waals surface area contributed by atoms with E-state index >= 15 is 0 Å². The van der Waals surface area contributed by atoms with Crippen molar-refractivity contribution in [2.45, 2.75) is 26.4 Å². The average Bonchev–Trinajstić information content (AvgIpc) is 2.14. The second kappa shape index (κ2) is 3.94. The van der Waals surface area contributed by atoms with Crippen LogP contribution in [0.1, 0.15) is 20.3 Å². The third-order valence-electron chi connectivity index (χ3n) is 2.06. The van der Waals surface area contributed by atoms with Gasteiger partial charge in [0.15, 0.2) is 0 Å². The van der Waals surface area contributed by atoms with Gasteiger partial charge in [0.1, 0.15) is 0 Å². The molecule has 0 amide bonds. The molecule has 1 N–H and O–H groups in total. The summed E-state index contributed by atoms with van der Waals surface area (Å²) in [5.41, 5.74) is 0. The average molecular weight is 143 g/mol. The van der Waals surface area contributed by atoms with Crippen molar-refractivity contribution in [3.05, 3.63) is 0 Å². The molecular formula is C8H17NO. The van der Waals surface area contributed by atoms with Crippen molar-refractivity contribution < 1.29 is 4.74 Å². The first-order chi connectivity index (χ1) is 4.83. The highest BCUT2D eigenvalue weighted by molar-refractivity contribution is 4.67. The van der Waals surface area contributed by atoms with Crippen molar-refractivity contribution in [3.8, 4) is 0 Å². The Balaban J connectivity index is 2.26. The summed E-state index contributed by atoms with van der Waals surface area (Å²) in [4.78, 5) is 0. The van der Waals surface area contributed by atoms with Gasteiger partial charge in [-0.1, -0.05) is 6.92 Å².